The molecule has 1 aliphatic heterocycles. The molecule has 0 unspecified atom stereocenters. The van der Waals surface area contributed by atoms with Crippen molar-refractivity contribution in [1.82, 2.24) is 0 Å². The summed E-state index contributed by atoms with van der Waals surface area (Å²) < 4.78 is 0. The molecule has 1 heterocycles. The highest BCUT2D eigenvalue weighted by Crippen LogP contribution is 2.19. The zero-order valence-corrected chi connectivity index (χ0v) is 7.02. The van der Waals surface area contributed by atoms with Crippen LogP contribution in [-0.4, -0.2) is 5.71 Å². The molecule has 0 spiro atoms. The van der Waals surface area contributed by atoms with Gasteiger partial charge in [-0.2, -0.15) is 0 Å². The van der Waals surface area contributed by atoms with Gasteiger partial charge in [0.2, 0.25) is 0 Å². The third-order valence-electron chi connectivity index (χ3n) is 1.97. The lowest BCUT2D eigenvalue weighted by atomic mass is 9.97. The van der Waals surface area contributed by atoms with Crippen molar-refractivity contribution in [3.05, 3.63) is 11.8 Å². The van der Waals surface area contributed by atoms with Crippen molar-refractivity contribution in [2.45, 2.75) is 33.6 Å². The fraction of sp³-hybridized carbons (Fsp3) is 0.667. The summed E-state index contributed by atoms with van der Waals surface area (Å²) in [7, 11) is 0. The quantitative estimate of drug-likeness (QED) is 0.527. The van der Waals surface area contributed by atoms with E-state index in [0.717, 1.165) is 6.42 Å². The molecule has 0 amide bonds. The molecule has 1 rings (SSSR count). The minimum absolute atomic E-state index is 0.678. The number of nitrogens with zero attached hydrogens (tertiary/aromatic N) is 1. The first-order valence-corrected chi connectivity index (χ1v) is 3.92. The summed E-state index contributed by atoms with van der Waals surface area (Å²) in [6, 6.07) is 0. The zero-order chi connectivity index (χ0) is 7.56. The lowest BCUT2D eigenvalue weighted by molar-refractivity contribution is 0.710. The maximum Gasteiger partial charge on any atom is 0.0261 e. The predicted octanol–water partition coefficient (Wildman–Crippen LogP) is 2.78. The Bertz CT molecular complexity index is 175. The Morgan fingerprint density at radius 1 is 1.40 bits per heavy atom. The Morgan fingerprint density at radius 3 is 2.50 bits per heavy atom. The Labute approximate surface area is 62.9 Å². The van der Waals surface area contributed by atoms with Crippen LogP contribution < -0.4 is 0 Å². The summed E-state index contributed by atoms with van der Waals surface area (Å²) in [4.78, 5) is 4.29. The largest absolute Gasteiger partial charge is 0.266 e. The van der Waals surface area contributed by atoms with E-state index in [1.54, 1.807) is 0 Å². The summed E-state index contributed by atoms with van der Waals surface area (Å²) in [6.07, 6.45) is 4.40. The molecule has 0 radical (unpaired) electrons. The van der Waals surface area contributed by atoms with Crippen LogP contribution in [0, 0.1) is 5.92 Å². The minimum atomic E-state index is 0.678. The van der Waals surface area contributed by atoms with Gasteiger partial charge in [-0.3, -0.25) is 4.99 Å². The Morgan fingerprint density at radius 2 is 2.10 bits per heavy atom. The molecular weight excluding hydrogens is 122 g/mol. The molecule has 0 saturated heterocycles. The molecule has 0 atom stereocenters. The fourth-order valence-corrected chi connectivity index (χ4v) is 1.09. The van der Waals surface area contributed by atoms with Gasteiger partial charge in [0.15, 0.2) is 0 Å². The van der Waals surface area contributed by atoms with Crippen LogP contribution >= 0.6 is 0 Å². The smallest absolute Gasteiger partial charge is 0.0261 e. The number of aliphatic imine (C=N–C) groups is 1. The zero-order valence-electron chi connectivity index (χ0n) is 7.02. The maximum atomic E-state index is 4.29. The van der Waals surface area contributed by atoms with Crippen LogP contribution in [0.2, 0.25) is 0 Å². The normalized spacial score (nSPS) is 18.8. The van der Waals surface area contributed by atoms with E-state index in [9.17, 15) is 0 Å². The molecule has 0 aliphatic carbocycles. The summed E-state index contributed by atoms with van der Waals surface area (Å²) in [5, 5.41) is 0. The summed E-state index contributed by atoms with van der Waals surface area (Å²) in [5.41, 5.74) is 2.76. The highest BCUT2D eigenvalue weighted by molar-refractivity contribution is 5.83. The molecule has 1 aliphatic rings. The Kier molecular flexibility index (Phi) is 2.25. The van der Waals surface area contributed by atoms with E-state index < -0.39 is 0 Å². The van der Waals surface area contributed by atoms with Gasteiger partial charge in [0, 0.05) is 11.9 Å². The summed E-state index contributed by atoms with van der Waals surface area (Å²) >= 11 is 0. The third-order valence-corrected chi connectivity index (χ3v) is 1.97. The van der Waals surface area contributed by atoms with E-state index in [-0.39, 0.29) is 0 Å². The van der Waals surface area contributed by atoms with Crippen LogP contribution in [0.4, 0.5) is 0 Å². The highest BCUT2D eigenvalue weighted by Gasteiger charge is 2.06. The first-order valence-electron chi connectivity index (χ1n) is 3.92. The van der Waals surface area contributed by atoms with Crippen molar-refractivity contribution >= 4 is 5.71 Å². The van der Waals surface area contributed by atoms with Gasteiger partial charge in [0.05, 0.1) is 0 Å². The monoisotopic (exact) mass is 137 g/mol. The second-order valence-corrected chi connectivity index (χ2v) is 3.22. The van der Waals surface area contributed by atoms with Crippen molar-refractivity contribution in [3.63, 3.8) is 0 Å². The average Bonchev–Trinajstić information content (AvgIpc) is 1.88. The van der Waals surface area contributed by atoms with Gasteiger partial charge in [0.25, 0.3) is 0 Å². The van der Waals surface area contributed by atoms with E-state index in [0.29, 0.717) is 5.92 Å². The summed E-state index contributed by atoms with van der Waals surface area (Å²) in [6.45, 7) is 6.54. The first kappa shape index (κ1) is 7.52. The van der Waals surface area contributed by atoms with Gasteiger partial charge >= 0.3 is 0 Å². The van der Waals surface area contributed by atoms with Gasteiger partial charge < -0.3 is 0 Å². The van der Waals surface area contributed by atoms with Gasteiger partial charge in [-0.1, -0.05) is 13.8 Å². The topological polar surface area (TPSA) is 12.4 Å². The fourth-order valence-electron chi connectivity index (χ4n) is 1.09. The van der Waals surface area contributed by atoms with Crippen molar-refractivity contribution in [1.29, 1.82) is 0 Å². The van der Waals surface area contributed by atoms with Gasteiger partial charge in [-0.15, -0.1) is 0 Å². The van der Waals surface area contributed by atoms with E-state index in [2.05, 4.69) is 25.8 Å². The molecule has 10 heavy (non-hydrogen) atoms. The van der Waals surface area contributed by atoms with Crippen LogP contribution in [0.5, 0.6) is 0 Å². The number of hydrogen-bond donors (Lipinski definition) is 0. The van der Waals surface area contributed by atoms with Crippen LogP contribution in [0.25, 0.3) is 0 Å². The molecule has 0 fully saturated rings. The van der Waals surface area contributed by atoms with Crippen molar-refractivity contribution < 1.29 is 0 Å². The van der Waals surface area contributed by atoms with Crippen molar-refractivity contribution in [2.24, 2.45) is 10.9 Å². The minimum Gasteiger partial charge on any atom is -0.266 e. The predicted molar refractivity (Wildman–Crippen MR) is 45.3 cm³/mol. The lowest BCUT2D eigenvalue weighted by Gasteiger charge is -2.13. The number of allylic oxidation sites excluding steroid dienone is 1. The van der Waals surface area contributed by atoms with Gasteiger partial charge in [-0.25, -0.2) is 0 Å². The third kappa shape index (κ3) is 1.69. The number of hydrogen-bond acceptors (Lipinski definition) is 1. The van der Waals surface area contributed by atoms with Crippen molar-refractivity contribution in [3.8, 4) is 0 Å². The molecule has 1 nitrogen and oxygen atoms in total. The van der Waals surface area contributed by atoms with E-state index in [4.69, 9.17) is 0 Å². The molecule has 0 aromatic heterocycles. The lowest BCUT2D eigenvalue weighted by Crippen LogP contribution is -2.02. The van der Waals surface area contributed by atoms with Gasteiger partial charge in [0.1, 0.15) is 0 Å². The van der Waals surface area contributed by atoms with Gasteiger partial charge in [-0.05, 0) is 31.3 Å². The van der Waals surface area contributed by atoms with E-state index in [1.807, 2.05) is 6.20 Å². The molecule has 0 N–H and O–H groups in total. The molecule has 56 valence electrons. The second kappa shape index (κ2) is 3.00. The van der Waals surface area contributed by atoms with Crippen LogP contribution in [0.15, 0.2) is 16.8 Å². The van der Waals surface area contributed by atoms with E-state index in [1.165, 1.54) is 17.7 Å². The molecular formula is C9H15N. The molecule has 0 saturated carbocycles. The highest BCUT2D eigenvalue weighted by atomic mass is 14.7. The molecule has 0 aromatic carbocycles. The van der Waals surface area contributed by atoms with Crippen LogP contribution in [-0.2, 0) is 0 Å². The Hall–Kier alpha value is -0.590. The van der Waals surface area contributed by atoms with E-state index >= 15 is 0 Å². The standard InChI is InChI=1S/C9H15N/c1-7(2)9-5-4-8(3)10-6-9/h6-7H,4-5H2,1-3H3. The second-order valence-electron chi connectivity index (χ2n) is 3.22. The average molecular weight is 137 g/mol. The Balaban J connectivity index is 2.64. The molecule has 0 aromatic rings. The molecule has 1 heteroatoms. The van der Waals surface area contributed by atoms with Crippen LogP contribution in [0.1, 0.15) is 33.6 Å². The van der Waals surface area contributed by atoms with Crippen LogP contribution in [0.3, 0.4) is 0 Å². The molecule has 0 bridgehead atoms. The van der Waals surface area contributed by atoms with Crippen molar-refractivity contribution in [2.75, 3.05) is 0 Å². The first-order chi connectivity index (χ1) is 4.70. The number of rotatable bonds is 1. The SMILES string of the molecule is CC1=NC=C(C(C)C)CC1. The summed E-state index contributed by atoms with van der Waals surface area (Å²) in [5.74, 6) is 0.678. The maximum absolute atomic E-state index is 4.29.